The molecule has 0 spiro atoms. The molecule has 136 valence electrons. The topological polar surface area (TPSA) is 87.1 Å². The van der Waals surface area contributed by atoms with Crippen LogP contribution in [0.5, 0.6) is 5.75 Å². The molecule has 2 aliphatic rings. The van der Waals surface area contributed by atoms with Gasteiger partial charge in [0.15, 0.2) is 0 Å². The van der Waals surface area contributed by atoms with Gasteiger partial charge in [0, 0.05) is 13.0 Å². The Morgan fingerprint density at radius 1 is 1.20 bits per heavy atom. The van der Waals surface area contributed by atoms with Crippen molar-refractivity contribution >= 4 is 11.9 Å². The lowest BCUT2D eigenvalue weighted by molar-refractivity contribution is -0.274. The number of hydrogen-bond acceptors (Lipinski definition) is 4. The number of amides is 1. The number of aliphatic hydroxyl groups is 1. The van der Waals surface area contributed by atoms with Crippen molar-refractivity contribution in [2.45, 2.75) is 43.2 Å². The third-order valence-electron chi connectivity index (χ3n) is 4.62. The predicted molar refractivity (Wildman–Crippen MR) is 77.8 cm³/mol. The van der Waals surface area contributed by atoms with E-state index in [4.69, 9.17) is 0 Å². The van der Waals surface area contributed by atoms with Crippen LogP contribution in [0.1, 0.15) is 24.8 Å². The molecule has 1 amide bonds. The first-order valence-electron chi connectivity index (χ1n) is 7.71. The Morgan fingerprint density at radius 2 is 1.80 bits per heavy atom. The fourth-order valence-electron chi connectivity index (χ4n) is 3.27. The molecule has 1 aromatic rings. The highest BCUT2D eigenvalue weighted by Crippen LogP contribution is 2.50. The van der Waals surface area contributed by atoms with Crippen LogP contribution in [0.15, 0.2) is 24.3 Å². The fraction of sp³-hybridized carbons (Fsp3) is 0.500. The molecule has 0 bridgehead atoms. The molecule has 9 heteroatoms. The molecule has 3 rings (SSSR count). The van der Waals surface area contributed by atoms with Gasteiger partial charge in [-0.3, -0.25) is 4.79 Å². The van der Waals surface area contributed by atoms with E-state index in [0.717, 1.165) is 17.0 Å². The molecule has 2 fully saturated rings. The van der Waals surface area contributed by atoms with Crippen molar-refractivity contribution in [3.63, 3.8) is 0 Å². The summed E-state index contributed by atoms with van der Waals surface area (Å²) in [6, 6.07) is 3.93. The van der Waals surface area contributed by atoms with Crippen molar-refractivity contribution in [2.24, 2.45) is 0 Å². The van der Waals surface area contributed by atoms with Gasteiger partial charge in [-0.05, 0) is 30.5 Å². The predicted octanol–water partition coefficient (Wildman–Crippen LogP) is 1.66. The van der Waals surface area contributed by atoms with Crippen molar-refractivity contribution in [1.82, 2.24) is 4.90 Å². The molecule has 0 unspecified atom stereocenters. The number of nitrogens with zero attached hydrogens (tertiary/aromatic N) is 1. The van der Waals surface area contributed by atoms with Crippen LogP contribution in [-0.2, 0) is 15.0 Å². The number of benzene rings is 1. The zero-order valence-electron chi connectivity index (χ0n) is 13.0. The van der Waals surface area contributed by atoms with E-state index >= 15 is 0 Å². The summed E-state index contributed by atoms with van der Waals surface area (Å²) in [4.78, 5) is 25.3. The van der Waals surface area contributed by atoms with Crippen LogP contribution in [0.3, 0.4) is 0 Å². The highest BCUT2D eigenvalue weighted by Gasteiger charge is 2.56. The number of alkyl halides is 3. The van der Waals surface area contributed by atoms with E-state index in [0.29, 0.717) is 18.4 Å². The number of carboxylic acids is 1. The lowest BCUT2D eigenvalue weighted by Gasteiger charge is -2.27. The van der Waals surface area contributed by atoms with Crippen LogP contribution < -0.4 is 4.74 Å². The van der Waals surface area contributed by atoms with E-state index in [-0.39, 0.29) is 18.7 Å². The number of aliphatic hydroxyl groups excluding tert-OH is 1. The molecule has 1 saturated carbocycles. The maximum Gasteiger partial charge on any atom is 0.573 e. The molecule has 1 heterocycles. The Kier molecular flexibility index (Phi) is 4.14. The summed E-state index contributed by atoms with van der Waals surface area (Å²) in [5.41, 5.74) is -0.424. The first-order chi connectivity index (χ1) is 11.6. The van der Waals surface area contributed by atoms with Crippen molar-refractivity contribution in [3.05, 3.63) is 29.8 Å². The van der Waals surface area contributed by atoms with Gasteiger partial charge in [0.2, 0.25) is 5.91 Å². The van der Waals surface area contributed by atoms with Crippen LogP contribution >= 0.6 is 0 Å². The number of likely N-dealkylation sites (tertiary alicyclic amines) is 1. The number of ether oxygens (including phenoxy) is 1. The third-order valence-corrected chi connectivity index (χ3v) is 4.62. The van der Waals surface area contributed by atoms with Gasteiger partial charge in [0.05, 0.1) is 11.5 Å². The first-order valence-corrected chi connectivity index (χ1v) is 7.71. The number of rotatable bonds is 4. The zero-order chi connectivity index (χ0) is 18.4. The van der Waals surface area contributed by atoms with E-state index < -0.39 is 35.8 Å². The Hall–Kier alpha value is -2.29. The maximum absolute atomic E-state index is 12.8. The number of hydrogen-bond donors (Lipinski definition) is 2. The average Bonchev–Trinajstić information content (AvgIpc) is 3.22. The lowest BCUT2D eigenvalue weighted by atomic mass is 9.94. The molecule has 0 aromatic heterocycles. The van der Waals surface area contributed by atoms with Gasteiger partial charge in [-0.15, -0.1) is 13.2 Å². The van der Waals surface area contributed by atoms with Gasteiger partial charge < -0.3 is 19.8 Å². The number of carbonyl (C=O) groups excluding carboxylic acids is 1. The van der Waals surface area contributed by atoms with E-state index in [2.05, 4.69) is 4.74 Å². The van der Waals surface area contributed by atoms with Crippen LogP contribution in [0.2, 0.25) is 0 Å². The molecule has 1 aliphatic carbocycles. The Balaban J connectivity index is 1.80. The van der Waals surface area contributed by atoms with Crippen molar-refractivity contribution in [2.75, 3.05) is 6.54 Å². The minimum atomic E-state index is -4.80. The number of β-amino-alcohol motifs (C(OH)–C–C–N with tert-alkyl or cyclic N) is 1. The zero-order valence-corrected chi connectivity index (χ0v) is 13.0. The molecule has 1 aliphatic heterocycles. The van der Waals surface area contributed by atoms with Crippen molar-refractivity contribution < 1.29 is 37.7 Å². The summed E-state index contributed by atoms with van der Waals surface area (Å²) < 4.78 is 40.4. The molecule has 2 N–H and O–H groups in total. The van der Waals surface area contributed by atoms with Crippen molar-refractivity contribution in [1.29, 1.82) is 0 Å². The van der Waals surface area contributed by atoms with Gasteiger partial charge in [-0.1, -0.05) is 12.1 Å². The summed E-state index contributed by atoms with van der Waals surface area (Å²) in [5, 5.41) is 18.9. The normalized spacial score (nSPS) is 24.9. The molecule has 25 heavy (non-hydrogen) atoms. The number of carbonyl (C=O) groups is 2. The summed E-state index contributed by atoms with van der Waals surface area (Å²) in [6.45, 7) is -0.0627. The Bertz CT molecular complexity index is 684. The minimum absolute atomic E-state index is 0.0322. The minimum Gasteiger partial charge on any atom is -0.480 e. The smallest absolute Gasteiger partial charge is 0.480 e. The van der Waals surface area contributed by atoms with E-state index in [9.17, 15) is 33.0 Å². The van der Waals surface area contributed by atoms with E-state index in [1.54, 1.807) is 0 Å². The van der Waals surface area contributed by atoms with Gasteiger partial charge in [0.1, 0.15) is 11.8 Å². The Morgan fingerprint density at radius 3 is 2.28 bits per heavy atom. The average molecular weight is 359 g/mol. The van der Waals surface area contributed by atoms with Gasteiger partial charge in [-0.25, -0.2) is 4.79 Å². The third kappa shape index (κ3) is 3.41. The summed E-state index contributed by atoms with van der Waals surface area (Å²) in [6.07, 6.45) is -4.78. The molecule has 0 radical (unpaired) electrons. The van der Waals surface area contributed by atoms with E-state index in [1.807, 2.05) is 0 Å². The standard InChI is InChI=1S/C16H16F3NO5/c17-16(18,19)25-11-3-1-9(2-4-11)15(5-6-15)14(24)20-8-10(21)7-12(20)13(22)23/h1-4,10,12,21H,5-8H2,(H,22,23)/t10-,12+/m1/s1. The highest BCUT2D eigenvalue weighted by molar-refractivity contribution is 5.94. The molecule has 6 nitrogen and oxygen atoms in total. The number of carboxylic acid groups (broad SMARTS) is 1. The highest BCUT2D eigenvalue weighted by atomic mass is 19.4. The van der Waals surface area contributed by atoms with Crippen LogP contribution in [0.4, 0.5) is 13.2 Å². The fourth-order valence-corrected chi connectivity index (χ4v) is 3.27. The number of aliphatic carboxylic acids is 1. The van der Waals surface area contributed by atoms with Gasteiger partial charge in [-0.2, -0.15) is 0 Å². The molecule has 1 aromatic carbocycles. The monoisotopic (exact) mass is 359 g/mol. The van der Waals surface area contributed by atoms with Crippen molar-refractivity contribution in [3.8, 4) is 5.75 Å². The molecular formula is C16H16F3NO5. The quantitative estimate of drug-likeness (QED) is 0.854. The Labute approximate surface area is 140 Å². The first kappa shape index (κ1) is 17.5. The molecule has 1 saturated heterocycles. The molecule has 2 atom stereocenters. The summed E-state index contributed by atoms with van der Waals surface area (Å²) >= 11 is 0. The molecular weight excluding hydrogens is 343 g/mol. The largest absolute Gasteiger partial charge is 0.573 e. The lowest BCUT2D eigenvalue weighted by Crippen LogP contribution is -2.45. The van der Waals surface area contributed by atoms with Crippen LogP contribution in [-0.4, -0.2) is 52.0 Å². The van der Waals surface area contributed by atoms with Crippen LogP contribution in [0, 0.1) is 0 Å². The summed E-state index contributed by atoms with van der Waals surface area (Å²) in [7, 11) is 0. The van der Waals surface area contributed by atoms with Crippen LogP contribution in [0.25, 0.3) is 0 Å². The van der Waals surface area contributed by atoms with E-state index in [1.165, 1.54) is 12.1 Å². The second-order valence-electron chi connectivity index (χ2n) is 6.36. The second kappa shape index (κ2) is 5.91. The maximum atomic E-state index is 12.8. The SMILES string of the molecule is O=C(O)[C@@H]1C[C@@H](O)CN1C(=O)C1(c2ccc(OC(F)(F)F)cc2)CC1. The second-order valence-corrected chi connectivity index (χ2v) is 6.36. The summed E-state index contributed by atoms with van der Waals surface area (Å²) in [5.74, 6) is -1.99. The number of halogens is 3. The van der Waals surface area contributed by atoms with Gasteiger partial charge in [0.25, 0.3) is 0 Å². The van der Waals surface area contributed by atoms with Gasteiger partial charge >= 0.3 is 12.3 Å².